The van der Waals surface area contributed by atoms with Crippen LogP contribution >= 0.6 is 23.2 Å². The van der Waals surface area contributed by atoms with Crippen molar-refractivity contribution in [2.75, 3.05) is 26.2 Å². The molecular weight excluding hydrogens is 453 g/mol. The molecule has 1 heterocycles. The van der Waals surface area contributed by atoms with E-state index in [1.165, 1.54) is 0 Å². The molecule has 1 aromatic rings. The first-order valence-corrected chi connectivity index (χ1v) is 11.8. The van der Waals surface area contributed by atoms with Crippen molar-refractivity contribution >= 4 is 34.2 Å². The molecule has 0 saturated carbocycles. The molecule has 1 fully saturated rings. The number of hydrogen-bond acceptors (Lipinski definition) is 3. The van der Waals surface area contributed by atoms with Crippen molar-refractivity contribution in [3.63, 3.8) is 0 Å². The molecule has 0 aromatic heterocycles. The lowest BCUT2D eigenvalue weighted by Crippen LogP contribution is -2.43. The summed E-state index contributed by atoms with van der Waals surface area (Å²) < 4.78 is 47.1. The highest BCUT2D eigenvalue weighted by molar-refractivity contribution is 7.84. The number of likely N-dealkylation sites (tertiary alicyclic amines) is 1. The van der Waals surface area contributed by atoms with Crippen LogP contribution in [0.5, 0.6) is 5.75 Å². The second-order valence-corrected chi connectivity index (χ2v) is 11.2. The normalized spacial score (nSPS) is 18.4. The fourth-order valence-electron chi connectivity index (χ4n) is 3.43. The molecule has 2 unspecified atom stereocenters. The predicted molar refractivity (Wildman–Crippen MR) is 121 cm³/mol. The molecule has 9 heteroatoms. The first-order chi connectivity index (χ1) is 14.0. The van der Waals surface area contributed by atoms with E-state index in [4.69, 9.17) is 27.9 Å². The molecule has 30 heavy (non-hydrogen) atoms. The first kappa shape index (κ1) is 25.5. The molecule has 4 nitrogen and oxygen atoms in total. The zero-order valence-corrected chi connectivity index (χ0v) is 19.9. The van der Waals surface area contributed by atoms with E-state index in [-0.39, 0.29) is 25.1 Å². The van der Waals surface area contributed by atoms with Crippen LogP contribution in [0, 0.1) is 5.92 Å². The van der Waals surface area contributed by atoms with E-state index in [9.17, 15) is 13.0 Å². The summed E-state index contributed by atoms with van der Waals surface area (Å²) in [5.74, 6) is 0.622. The van der Waals surface area contributed by atoms with Crippen LogP contribution in [0.4, 0.5) is 8.78 Å². The van der Waals surface area contributed by atoms with Crippen LogP contribution in [0.3, 0.4) is 0 Å². The molecule has 0 spiro atoms. The van der Waals surface area contributed by atoms with Gasteiger partial charge in [0, 0.05) is 11.6 Å². The standard InChI is InChI=1S/C21H30Cl2F2N2O2S/c1-5-10-29-18-12-17(23)16(22)11-15(18)20(26-30(28)21(2,3)4)14-6-8-27(9-7-14)13-19(24)25/h5,11-12,14,19-20,26H,1,6-10,13H2,2-4H3. The van der Waals surface area contributed by atoms with Crippen molar-refractivity contribution in [1.29, 1.82) is 0 Å². The average molecular weight is 483 g/mol. The van der Waals surface area contributed by atoms with Gasteiger partial charge in [-0.1, -0.05) is 35.9 Å². The molecule has 2 atom stereocenters. The topological polar surface area (TPSA) is 41.6 Å². The molecule has 1 aliphatic rings. The van der Waals surface area contributed by atoms with Crippen molar-refractivity contribution in [3.05, 3.63) is 40.4 Å². The molecule has 1 saturated heterocycles. The van der Waals surface area contributed by atoms with Crippen molar-refractivity contribution in [1.82, 2.24) is 9.62 Å². The number of nitrogens with one attached hydrogen (secondary N) is 1. The lowest BCUT2D eigenvalue weighted by Gasteiger charge is -2.37. The fraction of sp³-hybridized carbons (Fsp3) is 0.619. The number of ether oxygens (including phenoxy) is 1. The van der Waals surface area contributed by atoms with Gasteiger partial charge in [0.2, 0.25) is 0 Å². The molecule has 1 N–H and O–H groups in total. The number of piperidine rings is 1. The van der Waals surface area contributed by atoms with Gasteiger partial charge in [-0.05, 0) is 58.7 Å². The molecule has 0 amide bonds. The Hall–Kier alpha value is -0.730. The number of rotatable bonds is 9. The maximum absolute atomic E-state index is 13.0. The Morgan fingerprint density at radius 3 is 2.43 bits per heavy atom. The minimum Gasteiger partial charge on any atom is -0.489 e. The van der Waals surface area contributed by atoms with E-state index in [1.54, 1.807) is 23.1 Å². The minimum absolute atomic E-state index is 0.0774. The molecular formula is C21H30Cl2F2N2O2S. The summed E-state index contributed by atoms with van der Waals surface area (Å²) in [5, 5.41) is 0.739. The number of halogens is 4. The summed E-state index contributed by atoms with van der Waals surface area (Å²) >= 11 is 12.5. The van der Waals surface area contributed by atoms with Gasteiger partial charge < -0.3 is 4.74 Å². The van der Waals surface area contributed by atoms with Gasteiger partial charge in [-0.15, -0.1) is 0 Å². The summed E-state index contributed by atoms with van der Waals surface area (Å²) in [6, 6.07) is 3.07. The number of alkyl halides is 2. The monoisotopic (exact) mass is 482 g/mol. The number of nitrogens with zero attached hydrogens (tertiary/aromatic N) is 1. The number of benzene rings is 1. The zero-order chi connectivity index (χ0) is 22.5. The zero-order valence-electron chi connectivity index (χ0n) is 17.6. The fourth-order valence-corrected chi connectivity index (χ4v) is 4.66. The van der Waals surface area contributed by atoms with Crippen molar-refractivity contribution in [2.24, 2.45) is 5.92 Å². The third-order valence-corrected chi connectivity index (χ3v) is 7.34. The summed E-state index contributed by atoms with van der Waals surface area (Å²) in [5.41, 5.74) is 0.760. The predicted octanol–water partition coefficient (Wildman–Crippen LogP) is 5.63. The lowest BCUT2D eigenvalue weighted by molar-refractivity contribution is 0.0651. The molecule has 170 valence electrons. The molecule has 0 bridgehead atoms. The Bertz CT molecular complexity index is 751. The van der Waals surface area contributed by atoms with Crippen LogP contribution in [-0.2, 0) is 11.0 Å². The third-order valence-electron chi connectivity index (χ3n) is 5.03. The van der Waals surface area contributed by atoms with Crippen LogP contribution in [0.15, 0.2) is 24.8 Å². The summed E-state index contributed by atoms with van der Waals surface area (Å²) in [6.07, 6.45) is 0.655. The van der Waals surface area contributed by atoms with E-state index >= 15 is 0 Å². The molecule has 1 aromatic carbocycles. The van der Waals surface area contributed by atoms with Crippen molar-refractivity contribution in [3.8, 4) is 5.75 Å². The highest BCUT2D eigenvalue weighted by Crippen LogP contribution is 2.40. The minimum atomic E-state index is -2.35. The molecule has 0 radical (unpaired) electrons. The Balaban J connectivity index is 2.36. The Kier molecular flexibility index (Phi) is 9.56. The Morgan fingerprint density at radius 1 is 1.30 bits per heavy atom. The largest absolute Gasteiger partial charge is 0.489 e. The van der Waals surface area contributed by atoms with Crippen LogP contribution in [0.1, 0.15) is 45.2 Å². The van der Waals surface area contributed by atoms with Gasteiger partial charge in [-0.2, -0.15) is 0 Å². The molecule has 0 aliphatic carbocycles. The van der Waals surface area contributed by atoms with Crippen LogP contribution in [-0.4, -0.2) is 46.5 Å². The number of hydrogen-bond donors (Lipinski definition) is 1. The van der Waals surface area contributed by atoms with Gasteiger partial charge in [0.05, 0.1) is 38.4 Å². The molecule has 1 aliphatic heterocycles. The summed E-state index contributed by atoms with van der Waals surface area (Å²) in [6.45, 7) is 10.5. The molecule has 2 rings (SSSR count). The van der Waals surface area contributed by atoms with Crippen LogP contribution < -0.4 is 9.46 Å². The van der Waals surface area contributed by atoms with Crippen LogP contribution in [0.2, 0.25) is 10.0 Å². The van der Waals surface area contributed by atoms with Gasteiger partial charge >= 0.3 is 0 Å². The highest BCUT2D eigenvalue weighted by Gasteiger charge is 2.34. The Morgan fingerprint density at radius 2 is 1.90 bits per heavy atom. The van der Waals surface area contributed by atoms with E-state index in [2.05, 4.69) is 11.3 Å². The van der Waals surface area contributed by atoms with Gasteiger partial charge in [0.1, 0.15) is 12.4 Å². The third kappa shape index (κ3) is 7.16. The van der Waals surface area contributed by atoms with Gasteiger partial charge in [0.15, 0.2) is 0 Å². The quantitative estimate of drug-likeness (QED) is 0.463. The van der Waals surface area contributed by atoms with E-state index in [0.717, 1.165) is 5.56 Å². The summed E-state index contributed by atoms with van der Waals surface area (Å²) in [4.78, 5) is 1.77. The van der Waals surface area contributed by atoms with E-state index in [1.807, 2.05) is 20.8 Å². The van der Waals surface area contributed by atoms with Crippen LogP contribution in [0.25, 0.3) is 0 Å². The van der Waals surface area contributed by atoms with Crippen molar-refractivity contribution < 1.29 is 17.7 Å². The Labute approximate surface area is 190 Å². The summed E-state index contributed by atoms with van der Waals surface area (Å²) in [7, 11) is -1.35. The highest BCUT2D eigenvalue weighted by atomic mass is 35.5. The van der Waals surface area contributed by atoms with Gasteiger partial charge in [-0.25, -0.2) is 17.7 Å². The van der Waals surface area contributed by atoms with E-state index in [0.29, 0.717) is 41.7 Å². The second-order valence-electron chi connectivity index (χ2n) is 8.41. The first-order valence-electron chi connectivity index (χ1n) is 9.94. The second kappa shape index (κ2) is 11.2. The van der Waals surface area contributed by atoms with Gasteiger partial charge in [-0.3, -0.25) is 4.90 Å². The average Bonchev–Trinajstić information content (AvgIpc) is 2.66. The van der Waals surface area contributed by atoms with Crippen molar-refractivity contribution in [2.45, 2.75) is 50.8 Å². The SMILES string of the molecule is C=CCOc1cc(Cl)c(Cl)cc1C(NS(=O)C(C)(C)C)C1CCN(CC(F)F)CC1. The smallest absolute Gasteiger partial charge is 0.251 e. The lowest BCUT2D eigenvalue weighted by atomic mass is 9.85. The maximum atomic E-state index is 13.0. The maximum Gasteiger partial charge on any atom is 0.251 e. The van der Waals surface area contributed by atoms with Gasteiger partial charge in [0.25, 0.3) is 6.43 Å². The van der Waals surface area contributed by atoms with E-state index < -0.39 is 22.2 Å².